The summed E-state index contributed by atoms with van der Waals surface area (Å²) in [5, 5.41) is 3.40. The summed E-state index contributed by atoms with van der Waals surface area (Å²) in [6.45, 7) is 6.53. The Morgan fingerprint density at radius 1 is 1.21 bits per heavy atom. The van der Waals surface area contributed by atoms with Gasteiger partial charge in [-0.2, -0.15) is 0 Å². The van der Waals surface area contributed by atoms with E-state index in [9.17, 15) is 0 Å². The Labute approximate surface area is 87.2 Å². The molecule has 1 aliphatic rings. The van der Waals surface area contributed by atoms with E-state index in [2.05, 4.69) is 12.2 Å². The fourth-order valence-corrected chi connectivity index (χ4v) is 1.59. The average molecular weight is 201 g/mol. The van der Waals surface area contributed by atoms with Crippen molar-refractivity contribution in [3.8, 4) is 0 Å². The number of ether oxygens (including phenoxy) is 2. The van der Waals surface area contributed by atoms with E-state index in [0.717, 1.165) is 39.4 Å². The predicted molar refractivity (Wildman–Crippen MR) is 57.6 cm³/mol. The van der Waals surface area contributed by atoms with E-state index in [1.807, 2.05) is 0 Å². The van der Waals surface area contributed by atoms with Crippen molar-refractivity contribution in [2.75, 3.05) is 33.0 Å². The molecule has 1 aliphatic heterocycles. The van der Waals surface area contributed by atoms with Gasteiger partial charge in [0.2, 0.25) is 0 Å². The topological polar surface area (TPSA) is 30.5 Å². The first-order valence-electron chi connectivity index (χ1n) is 5.82. The maximum absolute atomic E-state index is 5.51. The molecule has 1 fully saturated rings. The van der Waals surface area contributed by atoms with Crippen LogP contribution < -0.4 is 5.32 Å². The smallest absolute Gasteiger partial charge is 0.0701 e. The van der Waals surface area contributed by atoms with Gasteiger partial charge in [0.15, 0.2) is 0 Å². The Morgan fingerprint density at radius 3 is 2.79 bits per heavy atom. The maximum atomic E-state index is 5.51. The normalized spacial score (nSPS) is 21.6. The molecule has 0 radical (unpaired) electrons. The minimum atomic E-state index is 0.589. The van der Waals surface area contributed by atoms with Gasteiger partial charge >= 0.3 is 0 Å². The van der Waals surface area contributed by atoms with E-state index in [-0.39, 0.29) is 0 Å². The van der Waals surface area contributed by atoms with Crippen LogP contribution in [0.1, 0.15) is 32.6 Å². The highest BCUT2D eigenvalue weighted by atomic mass is 16.5. The zero-order valence-electron chi connectivity index (χ0n) is 9.26. The lowest BCUT2D eigenvalue weighted by Crippen LogP contribution is -2.27. The van der Waals surface area contributed by atoms with Crippen LogP contribution in [0.3, 0.4) is 0 Å². The van der Waals surface area contributed by atoms with Crippen molar-refractivity contribution in [2.24, 2.45) is 0 Å². The van der Waals surface area contributed by atoms with E-state index in [1.165, 1.54) is 19.3 Å². The summed E-state index contributed by atoms with van der Waals surface area (Å²) in [5.74, 6) is 0. The first-order chi connectivity index (χ1) is 6.93. The summed E-state index contributed by atoms with van der Waals surface area (Å²) in [5.41, 5.74) is 0. The summed E-state index contributed by atoms with van der Waals surface area (Å²) in [6.07, 6.45) is 4.91. The van der Waals surface area contributed by atoms with Crippen LogP contribution in [0.25, 0.3) is 0 Å². The molecule has 1 heterocycles. The largest absolute Gasteiger partial charge is 0.379 e. The molecule has 0 aromatic heterocycles. The fraction of sp³-hybridized carbons (Fsp3) is 1.00. The highest BCUT2D eigenvalue weighted by Crippen LogP contribution is 2.04. The van der Waals surface area contributed by atoms with Gasteiger partial charge in [-0.3, -0.25) is 0 Å². The fourth-order valence-electron chi connectivity index (χ4n) is 1.59. The molecule has 3 nitrogen and oxygen atoms in total. The minimum absolute atomic E-state index is 0.589. The second-order valence-corrected chi connectivity index (χ2v) is 3.83. The number of unbranched alkanes of at least 4 members (excludes halogenated alkanes) is 1. The molecule has 1 rings (SSSR count). The molecule has 1 N–H and O–H groups in total. The lowest BCUT2D eigenvalue weighted by Gasteiger charge is -2.10. The number of hydrogen-bond donors (Lipinski definition) is 1. The van der Waals surface area contributed by atoms with Crippen LogP contribution in [-0.2, 0) is 9.47 Å². The molecule has 1 atom stereocenters. The second kappa shape index (κ2) is 8.21. The summed E-state index contributed by atoms with van der Waals surface area (Å²) < 4.78 is 10.9. The average Bonchev–Trinajstić information content (AvgIpc) is 2.69. The van der Waals surface area contributed by atoms with Crippen LogP contribution in [-0.4, -0.2) is 39.0 Å². The lowest BCUT2D eigenvalue weighted by atomic mass is 10.2. The van der Waals surface area contributed by atoms with E-state index in [0.29, 0.717) is 6.04 Å². The van der Waals surface area contributed by atoms with Crippen LogP contribution >= 0.6 is 0 Å². The van der Waals surface area contributed by atoms with E-state index >= 15 is 0 Å². The molecule has 0 aromatic carbocycles. The van der Waals surface area contributed by atoms with Crippen molar-refractivity contribution in [3.63, 3.8) is 0 Å². The van der Waals surface area contributed by atoms with Gasteiger partial charge in [0.1, 0.15) is 0 Å². The number of hydrogen-bond acceptors (Lipinski definition) is 3. The molecule has 0 aromatic rings. The van der Waals surface area contributed by atoms with Crippen molar-refractivity contribution in [1.82, 2.24) is 5.32 Å². The SMILES string of the molecule is CCCCOCCOCC1CCCN1. The summed E-state index contributed by atoms with van der Waals surface area (Å²) in [4.78, 5) is 0. The third-order valence-electron chi connectivity index (χ3n) is 2.50. The van der Waals surface area contributed by atoms with Crippen molar-refractivity contribution >= 4 is 0 Å². The molecular weight excluding hydrogens is 178 g/mol. The van der Waals surface area contributed by atoms with E-state index in [1.54, 1.807) is 0 Å². The zero-order chi connectivity index (χ0) is 10.1. The Morgan fingerprint density at radius 2 is 2.07 bits per heavy atom. The maximum Gasteiger partial charge on any atom is 0.0701 e. The van der Waals surface area contributed by atoms with Crippen molar-refractivity contribution in [3.05, 3.63) is 0 Å². The first-order valence-corrected chi connectivity index (χ1v) is 5.82. The molecule has 0 saturated carbocycles. The van der Waals surface area contributed by atoms with Crippen LogP contribution in [0, 0.1) is 0 Å². The minimum Gasteiger partial charge on any atom is -0.379 e. The van der Waals surface area contributed by atoms with Crippen molar-refractivity contribution in [1.29, 1.82) is 0 Å². The first kappa shape index (κ1) is 12.0. The molecule has 3 heteroatoms. The number of nitrogens with one attached hydrogen (secondary N) is 1. The number of rotatable bonds is 8. The van der Waals surface area contributed by atoms with E-state index < -0.39 is 0 Å². The summed E-state index contributed by atoms with van der Waals surface area (Å²) in [6, 6.07) is 0.589. The van der Waals surface area contributed by atoms with Gasteiger partial charge in [-0.1, -0.05) is 13.3 Å². The van der Waals surface area contributed by atoms with Gasteiger partial charge in [0, 0.05) is 12.6 Å². The molecule has 0 aliphatic carbocycles. The zero-order valence-corrected chi connectivity index (χ0v) is 9.26. The van der Waals surface area contributed by atoms with Crippen LogP contribution in [0.5, 0.6) is 0 Å². The Kier molecular flexibility index (Phi) is 7.01. The third kappa shape index (κ3) is 5.58. The molecule has 1 saturated heterocycles. The van der Waals surface area contributed by atoms with Crippen LogP contribution in [0.4, 0.5) is 0 Å². The third-order valence-corrected chi connectivity index (χ3v) is 2.50. The van der Waals surface area contributed by atoms with Gasteiger partial charge in [-0.25, -0.2) is 0 Å². The molecule has 14 heavy (non-hydrogen) atoms. The standard InChI is InChI=1S/C11H23NO2/c1-2-3-7-13-8-9-14-10-11-5-4-6-12-11/h11-12H,2-10H2,1H3. The predicted octanol–water partition coefficient (Wildman–Crippen LogP) is 1.57. The van der Waals surface area contributed by atoms with Crippen LogP contribution in [0.15, 0.2) is 0 Å². The lowest BCUT2D eigenvalue weighted by molar-refractivity contribution is 0.0400. The molecule has 1 unspecified atom stereocenters. The van der Waals surface area contributed by atoms with Crippen LogP contribution in [0.2, 0.25) is 0 Å². The summed E-state index contributed by atoms with van der Waals surface area (Å²) >= 11 is 0. The highest BCUT2D eigenvalue weighted by molar-refractivity contribution is 4.73. The van der Waals surface area contributed by atoms with Gasteiger partial charge in [0.25, 0.3) is 0 Å². The van der Waals surface area contributed by atoms with Crippen molar-refractivity contribution < 1.29 is 9.47 Å². The summed E-state index contributed by atoms with van der Waals surface area (Å²) in [7, 11) is 0. The molecular formula is C11H23NO2. The van der Waals surface area contributed by atoms with Crippen molar-refractivity contribution in [2.45, 2.75) is 38.6 Å². The molecule has 84 valence electrons. The second-order valence-electron chi connectivity index (χ2n) is 3.83. The van der Waals surface area contributed by atoms with Gasteiger partial charge < -0.3 is 14.8 Å². The Hall–Kier alpha value is -0.120. The monoisotopic (exact) mass is 201 g/mol. The van der Waals surface area contributed by atoms with Gasteiger partial charge in [0.05, 0.1) is 19.8 Å². The Balaban J connectivity index is 1.75. The molecule has 0 amide bonds. The van der Waals surface area contributed by atoms with Gasteiger partial charge in [-0.05, 0) is 25.8 Å². The molecule has 0 spiro atoms. The highest BCUT2D eigenvalue weighted by Gasteiger charge is 2.13. The quantitative estimate of drug-likeness (QED) is 0.605. The van der Waals surface area contributed by atoms with E-state index in [4.69, 9.17) is 9.47 Å². The Bertz CT molecular complexity index is 124. The van der Waals surface area contributed by atoms with Gasteiger partial charge in [-0.15, -0.1) is 0 Å². The molecule has 0 bridgehead atoms.